The van der Waals surface area contributed by atoms with Crippen molar-refractivity contribution < 1.29 is 14.3 Å². The van der Waals surface area contributed by atoms with E-state index in [2.05, 4.69) is 11.0 Å². The second-order valence-corrected chi connectivity index (χ2v) is 10.6. The van der Waals surface area contributed by atoms with E-state index < -0.39 is 0 Å². The molecular weight excluding hydrogens is 507 g/mol. The highest BCUT2D eigenvalue weighted by Crippen LogP contribution is 2.41. The molecule has 0 unspecified atom stereocenters. The Morgan fingerprint density at radius 1 is 0.973 bits per heavy atom. The summed E-state index contributed by atoms with van der Waals surface area (Å²) in [5, 5.41) is 0.913. The third kappa shape index (κ3) is 5.54. The number of likely N-dealkylation sites (tertiary alicyclic amines) is 1. The summed E-state index contributed by atoms with van der Waals surface area (Å²) in [6.45, 7) is 2.07. The highest BCUT2D eigenvalue weighted by atomic mass is 35.5. The van der Waals surface area contributed by atoms with E-state index in [9.17, 15) is 9.59 Å². The van der Waals surface area contributed by atoms with Gasteiger partial charge in [-0.2, -0.15) is 0 Å². The predicted octanol–water partition coefficient (Wildman–Crippen LogP) is 6.37. The number of hydrogen-bond acceptors (Lipinski definition) is 4. The molecular formula is C30H30Cl2N2O3. The van der Waals surface area contributed by atoms with Crippen LogP contribution in [0.5, 0.6) is 5.75 Å². The molecule has 2 atom stereocenters. The Kier molecular flexibility index (Phi) is 7.84. The van der Waals surface area contributed by atoms with Gasteiger partial charge in [0.15, 0.2) is 0 Å². The van der Waals surface area contributed by atoms with Crippen LogP contribution >= 0.6 is 23.2 Å². The Hall–Kier alpha value is -2.86. The summed E-state index contributed by atoms with van der Waals surface area (Å²) in [4.78, 5) is 30.8. The van der Waals surface area contributed by atoms with Crippen LogP contribution in [0.2, 0.25) is 10.0 Å². The van der Waals surface area contributed by atoms with Crippen molar-refractivity contribution in [1.29, 1.82) is 0 Å². The van der Waals surface area contributed by atoms with Crippen LogP contribution in [0.4, 0.5) is 0 Å². The normalized spacial score (nSPS) is 19.3. The molecule has 192 valence electrons. The zero-order valence-corrected chi connectivity index (χ0v) is 22.3. The lowest BCUT2D eigenvalue weighted by atomic mass is 9.81. The van der Waals surface area contributed by atoms with E-state index in [4.69, 9.17) is 27.9 Å². The predicted molar refractivity (Wildman–Crippen MR) is 146 cm³/mol. The summed E-state index contributed by atoms with van der Waals surface area (Å²) in [5.41, 5.74) is 3.38. The van der Waals surface area contributed by atoms with Gasteiger partial charge in [-0.25, -0.2) is 4.79 Å². The van der Waals surface area contributed by atoms with Gasteiger partial charge in [0, 0.05) is 18.7 Å². The Labute approximate surface area is 227 Å². The van der Waals surface area contributed by atoms with Crippen molar-refractivity contribution in [2.75, 3.05) is 20.1 Å². The van der Waals surface area contributed by atoms with Crippen LogP contribution in [0, 0.1) is 0 Å². The topological polar surface area (TPSA) is 49.9 Å². The van der Waals surface area contributed by atoms with Gasteiger partial charge >= 0.3 is 5.97 Å². The maximum Gasteiger partial charge on any atom is 0.343 e. The fourth-order valence-corrected chi connectivity index (χ4v) is 5.96. The van der Waals surface area contributed by atoms with Crippen LogP contribution in [0.1, 0.15) is 52.4 Å². The Bertz CT molecular complexity index is 1290. The van der Waals surface area contributed by atoms with E-state index in [0.29, 0.717) is 21.4 Å². The van der Waals surface area contributed by atoms with E-state index in [0.717, 1.165) is 42.6 Å². The number of carbonyl (C=O) groups excluding carboxylic acids is 2. The first-order chi connectivity index (χ1) is 17.9. The van der Waals surface area contributed by atoms with E-state index >= 15 is 0 Å². The average Bonchev–Trinajstić information content (AvgIpc) is 3.45. The number of amides is 1. The van der Waals surface area contributed by atoms with Crippen molar-refractivity contribution in [2.45, 2.75) is 44.2 Å². The molecule has 3 aromatic carbocycles. The van der Waals surface area contributed by atoms with Gasteiger partial charge in [0.05, 0.1) is 28.1 Å². The van der Waals surface area contributed by atoms with Gasteiger partial charge < -0.3 is 9.64 Å². The Morgan fingerprint density at radius 2 is 1.73 bits per heavy atom. The lowest BCUT2D eigenvalue weighted by molar-refractivity contribution is -0.133. The van der Waals surface area contributed by atoms with Crippen molar-refractivity contribution in [3.8, 4) is 5.75 Å². The number of nitrogens with zero attached hydrogens (tertiary/aromatic N) is 2. The first kappa shape index (κ1) is 25.8. The van der Waals surface area contributed by atoms with E-state index in [1.807, 2.05) is 48.3 Å². The van der Waals surface area contributed by atoms with Gasteiger partial charge in [-0.1, -0.05) is 59.6 Å². The third-order valence-corrected chi connectivity index (χ3v) is 8.25. The first-order valence-electron chi connectivity index (χ1n) is 12.7. The maximum absolute atomic E-state index is 13.6. The Balaban J connectivity index is 1.45. The lowest BCUT2D eigenvalue weighted by Gasteiger charge is -2.44. The molecule has 1 amide bonds. The van der Waals surface area contributed by atoms with Gasteiger partial charge in [-0.05, 0) is 80.2 Å². The number of fused-ring (bicyclic) bond motifs is 1. The van der Waals surface area contributed by atoms with Gasteiger partial charge in [-0.3, -0.25) is 9.69 Å². The number of esters is 1. The highest BCUT2D eigenvalue weighted by molar-refractivity contribution is 6.42. The number of halogens is 2. The molecule has 1 aliphatic heterocycles. The number of likely N-dealkylation sites (N-methyl/N-ethyl adjacent to an activating group) is 1. The van der Waals surface area contributed by atoms with E-state index in [1.54, 1.807) is 24.3 Å². The zero-order chi connectivity index (χ0) is 25.9. The minimum atomic E-state index is -0.378. The Morgan fingerprint density at radius 3 is 2.46 bits per heavy atom. The monoisotopic (exact) mass is 536 g/mol. The van der Waals surface area contributed by atoms with Gasteiger partial charge in [-0.15, -0.1) is 0 Å². The van der Waals surface area contributed by atoms with Gasteiger partial charge in [0.25, 0.3) is 0 Å². The molecule has 0 spiro atoms. The van der Waals surface area contributed by atoms with Crippen LogP contribution in [0.25, 0.3) is 0 Å². The quantitative estimate of drug-likeness (QED) is 0.271. The summed E-state index contributed by atoms with van der Waals surface area (Å²) in [7, 11) is 1.88. The number of hydrogen-bond donors (Lipinski definition) is 0. The fraction of sp³-hybridized carbons (Fsp3) is 0.333. The molecule has 0 aromatic heterocycles. The molecule has 2 aliphatic rings. The van der Waals surface area contributed by atoms with Crippen molar-refractivity contribution in [1.82, 2.24) is 9.80 Å². The third-order valence-electron chi connectivity index (χ3n) is 7.51. The molecule has 0 radical (unpaired) electrons. The highest BCUT2D eigenvalue weighted by Gasteiger charge is 2.39. The molecule has 5 nitrogen and oxygen atoms in total. The number of benzene rings is 3. The SMILES string of the molecule is CN(C(=O)Cc1ccc(Cl)c(Cl)c1)[C@H]1c2cccc(OC(=O)c3ccccc3)c2CC[C@@H]1N1CCCC1. The maximum atomic E-state index is 13.6. The molecule has 1 aliphatic carbocycles. The van der Waals surface area contributed by atoms with Crippen LogP contribution in [0.3, 0.4) is 0 Å². The van der Waals surface area contributed by atoms with Crippen LogP contribution in [-0.4, -0.2) is 47.9 Å². The summed E-state index contributed by atoms with van der Waals surface area (Å²) in [5.74, 6) is 0.199. The lowest BCUT2D eigenvalue weighted by Crippen LogP contribution is -2.48. The molecule has 0 saturated carbocycles. The van der Waals surface area contributed by atoms with Crippen LogP contribution < -0.4 is 4.74 Å². The van der Waals surface area contributed by atoms with E-state index in [1.165, 1.54) is 12.8 Å². The summed E-state index contributed by atoms with van der Waals surface area (Å²) in [6, 6.07) is 20.2. The standard InChI is InChI=1S/C30H30Cl2N2O3/c1-33(28(35)19-20-12-14-24(31)25(32)18-20)29-23-10-7-11-27(37-30(36)21-8-3-2-4-9-21)22(23)13-15-26(29)34-16-5-6-17-34/h2-4,7-12,14,18,26,29H,5-6,13,15-17,19H2,1H3/t26-,29-/m0/s1. The van der Waals surface area contributed by atoms with Crippen molar-refractivity contribution in [2.24, 2.45) is 0 Å². The number of rotatable bonds is 6. The van der Waals surface area contributed by atoms with E-state index in [-0.39, 0.29) is 30.4 Å². The van der Waals surface area contributed by atoms with Crippen LogP contribution in [0.15, 0.2) is 66.7 Å². The molecule has 1 fully saturated rings. The summed E-state index contributed by atoms with van der Waals surface area (Å²) < 4.78 is 5.89. The fourth-order valence-electron chi connectivity index (χ4n) is 5.64. The molecule has 5 rings (SSSR count). The number of carbonyl (C=O) groups is 2. The van der Waals surface area contributed by atoms with Crippen molar-refractivity contribution in [3.05, 3.63) is 99.0 Å². The molecule has 1 heterocycles. The molecule has 37 heavy (non-hydrogen) atoms. The molecule has 0 N–H and O–H groups in total. The minimum absolute atomic E-state index is 0.00659. The van der Waals surface area contributed by atoms with Gasteiger partial charge in [0.2, 0.25) is 5.91 Å². The molecule has 0 bridgehead atoms. The van der Waals surface area contributed by atoms with Gasteiger partial charge in [0.1, 0.15) is 5.75 Å². The largest absolute Gasteiger partial charge is 0.423 e. The van der Waals surface area contributed by atoms with Crippen molar-refractivity contribution in [3.63, 3.8) is 0 Å². The summed E-state index contributed by atoms with van der Waals surface area (Å²) >= 11 is 12.3. The molecule has 1 saturated heterocycles. The molecule has 7 heteroatoms. The summed E-state index contributed by atoms with van der Waals surface area (Å²) in [6.07, 6.45) is 4.26. The number of ether oxygens (including phenoxy) is 1. The first-order valence-corrected chi connectivity index (χ1v) is 13.5. The zero-order valence-electron chi connectivity index (χ0n) is 20.8. The second-order valence-electron chi connectivity index (χ2n) is 9.80. The smallest absolute Gasteiger partial charge is 0.343 e. The second kappa shape index (κ2) is 11.3. The molecule has 3 aromatic rings. The van der Waals surface area contributed by atoms with Crippen molar-refractivity contribution >= 4 is 35.1 Å². The average molecular weight is 537 g/mol. The minimum Gasteiger partial charge on any atom is -0.423 e. The van der Waals surface area contributed by atoms with Crippen LogP contribution in [-0.2, 0) is 17.6 Å².